The molecule has 0 unspecified atom stereocenters. The van der Waals surface area contributed by atoms with Crippen LogP contribution in [0.25, 0.3) is 0 Å². The Morgan fingerprint density at radius 1 is 1.40 bits per heavy atom. The molecule has 0 aromatic carbocycles. The van der Waals surface area contributed by atoms with E-state index in [1.165, 1.54) is 4.90 Å². The van der Waals surface area contributed by atoms with Crippen LogP contribution in [0.3, 0.4) is 0 Å². The molecule has 60 valence electrons. The maximum atomic E-state index is 12.7. The molecule has 0 radical (unpaired) electrons. The van der Waals surface area contributed by atoms with Gasteiger partial charge in [-0.3, -0.25) is 4.90 Å². The third-order valence-corrected chi connectivity index (χ3v) is 1.83. The first-order chi connectivity index (χ1) is 4.35. The molecule has 0 aliphatic carbocycles. The van der Waals surface area contributed by atoms with Crippen molar-refractivity contribution in [2.45, 2.75) is 18.4 Å². The molecule has 0 saturated carbocycles. The lowest BCUT2D eigenvalue weighted by atomic mass is 10.0. The van der Waals surface area contributed by atoms with Gasteiger partial charge in [0.25, 0.3) is 5.92 Å². The summed E-state index contributed by atoms with van der Waals surface area (Å²) in [4.78, 5) is 1.42. The number of alkyl halides is 2. The van der Waals surface area contributed by atoms with Crippen molar-refractivity contribution in [3.63, 3.8) is 0 Å². The fraction of sp³-hybridized carbons (Fsp3) is 1.00. The molecule has 0 aromatic heterocycles. The molecule has 10 heavy (non-hydrogen) atoms. The van der Waals surface area contributed by atoms with Crippen LogP contribution in [0.1, 0.15) is 6.92 Å². The molecule has 1 N–H and O–H groups in total. The van der Waals surface area contributed by atoms with Crippen molar-refractivity contribution in [1.82, 2.24) is 4.90 Å². The van der Waals surface area contributed by atoms with E-state index in [0.717, 1.165) is 6.92 Å². The number of aliphatic hydroxyl groups is 1. The third-order valence-electron chi connectivity index (χ3n) is 1.83. The van der Waals surface area contributed by atoms with E-state index in [2.05, 4.69) is 0 Å². The Kier molecular flexibility index (Phi) is 1.49. The lowest BCUT2D eigenvalue weighted by Crippen LogP contribution is -2.43. The maximum absolute atomic E-state index is 12.7. The fourth-order valence-electron chi connectivity index (χ4n) is 1.21. The van der Waals surface area contributed by atoms with Gasteiger partial charge in [0.1, 0.15) is 5.60 Å². The van der Waals surface area contributed by atoms with Gasteiger partial charge in [0, 0.05) is 6.54 Å². The molecule has 1 saturated heterocycles. The molecule has 1 heterocycles. The van der Waals surface area contributed by atoms with Crippen molar-refractivity contribution in [2.24, 2.45) is 0 Å². The third kappa shape index (κ3) is 1.01. The summed E-state index contributed by atoms with van der Waals surface area (Å²) in [5.41, 5.74) is -1.85. The van der Waals surface area contributed by atoms with Gasteiger partial charge >= 0.3 is 0 Å². The standard InChI is InChI=1S/C6H11F2NO/c1-5(10)3-9(2)4-6(5,7)8/h10H,3-4H2,1-2H3/t5-/m1/s1. The highest BCUT2D eigenvalue weighted by molar-refractivity contribution is 4.99. The Hall–Kier alpha value is -0.220. The Bertz CT molecular complexity index is 131. The summed E-state index contributed by atoms with van der Waals surface area (Å²) in [6.07, 6.45) is 0. The van der Waals surface area contributed by atoms with E-state index in [4.69, 9.17) is 5.11 Å². The molecule has 0 aromatic rings. The molecule has 4 heteroatoms. The highest BCUT2D eigenvalue weighted by Crippen LogP contribution is 2.35. The maximum Gasteiger partial charge on any atom is 0.289 e. The highest BCUT2D eigenvalue weighted by Gasteiger charge is 2.55. The molecular weight excluding hydrogens is 140 g/mol. The Morgan fingerprint density at radius 2 is 1.90 bits per heavy atom. The minimum atomic E-state index is -2.96. The Balaban J connectivity index is 2.78. The number of halogens is 2. The molecular formula is C6H11F2NO. The van der Waals surface area contributed by atoms with E-state index < -0.39 is 11.5 Å². The van der Waals surface area contributed by atoms with Gasteiger partial charge in [0.2, 0.25) is 0 Å². The molecule has 0 spiro atoms. The summed E-state index contributed by atoms with van der Waals surface area (Å²) in [5, 5.41) is 9.10. The van der Waals surface area contributed by atoms with Crippen molar-refractivity contribution in [1.29, 1.82) is 0 Å². The number of rotatable bonds is 0. The molecule has 1 aliphatic heterocycles. The quantitative estimate of drug-likeness (QED) is 0.539. The van der Waals surface area contributed by atoms with Crippen molar-refractivity contribution < 1.29 is 13.9 Å². The van der Waals surface area contributed by atoms with Gasteiger partial charge in [-0.15, -0.1) is 0 Å². The van der Waals surface area contributed by atoms with Crippen LogP contribution in [0.4, 0.5) is 8.78 Å². The Morgan fingerprint density at radius 3 is 2.00 bits per heavy atom. The van der Waals surface area contributed by atoms with Crippen LogP contribution in [-0.2, 0) is 0 Å². The zero-order valence-electron chi connectivity index (χ0n) is 6.06. The number of nitrogens with zero attached hydrogens (tertiary/aromatic N) is 1. The van der Waals surface area contributed by atoms with Gasteiger partial charge in [-0.25, -0.2) is 8.78 Å². The lowest BCUT2D eigenvalue weighted by Gasteiger charge is -2.22. The first-order valence-corrected chi connectivity index (χ1v) is 3.14. The van der Waals surface area contributed by atoms with Crippen molar-refractivity contribution in [3.05, 3.63) is 0 Å². The Labute approximate surface area is 58.4 Å². The summed E-state index contributed by atoms with van der Waals surface area (Å²) >= 11 is 0. The number of β-amino-alcohol motifs (C(OH)–C–C–N with tert-alkyl or cyclic N) is 1. The van der Waals surface area contributed by atoms with Crippen LogP contribution in [0.5, 0.6) is 0 Å². The van der Waals surface area contributed by atoms with Gasteiger partial charge < -0.3 is 5.11 Å². The van der Waals surface area contributed by atoms with E-state index in [9.17, 15) is 8.78 Å². The van der Waals surface area contributed by atoms with Gasteiger partial charge in [-0.05, 0) is 14.0 Å². The highest BCUT2D eigenvalue weighted by atomic mass is 19.3. The predicted molar refractivity (Wildman–Crippen MR) is 33.1 cm³/mol. The van der Waals surface area contributed by atoms with Gasteiger partial charge in [-0.2, -0.15) is 0 Å². The number of hydrogen-bond donors (Lipinski definition) is 1. The molecule has 0 amide bonds. The van der Waals surface area contributed by atoms with Gasteiger partial charge in [0.05, 0.1) is 6.54 Å². The smallest absolute Gasteiger partial charge is 0.289 e. The van der Waals surface area contributed by atoms with E-state index in [1.54, 1.807) is 7.05 Å². The fourth-order valence-corrected chi connectivity index (χ4v) is 1.21. The van der Waals surface area contributed by atoms with Crippen LogP contribution < -0.4 is 0 Å². The molecule has 1 rings (SSSR count). The predicted octanol–water partition coefficient (Wildman–Crippen LogP) is 0.318. The topological polar surface area (TPSA) is 23.5 Å². The average Bonchev–Trinajstić information content (AvgIpc) is 1.73. The van der Waals surface area contributed by atoms with Crippen LogP contribution in [0.2, 0.25) is 0 Å². The number of likely N-dealkylation sites (tertiary alicyclic amines) is 1. The molecule has 1 fully saturated rings. The minimum Gasteiger partial charge on any atom is -0.382 e. The summed E-state index contributed by atoms with van der Waals surface area (Å²) in [6, 6.07) is 0. The van der Waals surface area contributed by atoms with E-state index in [0.29, 0.717) is 0 Å². The summed E-state index contributed by atoms with van der Waals surface area (Å²) in [5.74, 6) is -2.96. The molecule has 1 aliphatic rings. The first kappa shape index (κ1) is 7.88. The average molecular weight is 151 g/mol. The van der Waals surface area contributed by atoms with Crippen LogP contribution in [-0.4, -0.2) is 41.7 Å². The van der Waals surface area contributed by atoms with Gasteiger partial charge in [-0.1, -0.05) is 0 Å². The van der Waals surface area contributed by atoms with Crippen LogP contribution >= 0.6 is 0 Å². The van der Waals surface area contributed by atoms with Crippen molar-refractivity contribution in [2.75, 3.05) is 20.1 Å². The second-order valence-corrected chi connectivity index (χ2v) is 3.15. The molecule has 1 atom stereocenters. The van der Waals surface area contributed by atoms with Crippen LogP contribution in [0.15, 0.2) is 0 Å². The van der Waals surface area contributed by atoms with E-state index in [-0.39, 0.29) is 13.1 Å². The van der Waals surface area contributed by atoms with Crippen molar-refractivity contribution in [3.8, 4) is 0 Å². The van der Waals surface area contributed by atoms with Crippen molar-refractivity contribution >= 4 is 0 Å². The van der Waals surface area contributed by atoms with Gasteiger partial charge in [0.15, 0.2) is 0 Å². The lowest BCUT2D eigenvalue weighted by molar-refractivity contribution is -0.134. The number of likely N-dealkylation sites (N-methyl/N-ethyl adjacent to an activating group) is 1. The minimum absolute atomic E-state index is 0.0417. The zero-order chi connectivity index (χ0) is 7.99. The second kappa shape index (κ2) is 1.89. The van der Waals surface area contributed by atoms with E-state index >= 15 is 0 Å². The monoisotopic (exact) mass is 151 g/mol. The normalized spacial score (nSPS) is 40.5. The SMILES string of the molecule is CN1CC(F)(F)[C@](C)(O)C1. The van der Waals surface area contributed by atoms with Crippen LogP contribution in [0, 0.1) is 0 Å². The summed E-state index contributed by atoms with van der Waals surface area (Å²) < 4.78 is 25.4. The largest absolute Gasteiger partial charge is 0.382 e. The first-order valence-electron chi connectivity index (χ1n) is 3.14. The summed E-state index contributed by atoms with van der Waals surface area (Å²) in [6.45, 7) is 0.858. The number of hydrogen-bond acceptors (Lipinski definition) is 2. The van der Waals surface area contributed by atoms with E-state index in [1.807, 2.05) is 0 Å². The summed E-state index contributed by atoms with van der Waals surface area (Å²) in [7, 11) is 1.56. The second-order valence-electron chi connectivity index (χ2n) is 3.15. The molecule has 0 bridgehead atoms. The zero-order valence-corrected chi connectivity index (χ0v) is 6.06. The molecule has 2 nitrogen and oxygen atoms in total.